The summed E-state index contributed by atoms with van der Waals surface area (Å²) in [5.41, 5.74) is 5.99. The van der Waals surface area contributed by atoms with Gasteiger partial charge in [0.1, 0.15) is 4.90 Å². The average molecular weight is 286 g/mol. The summed E-state index contributed by atoms with van der Waals surface area (Å²) in [6.07, 6.45) is 1.39. The first kappa shape index (κ1) is 15.9. The fraction of sp³-hybridized carbons (Fsp3) is 0.538. The lowest BCUT2D eigenvalue weighted by atomic mass is 10.2. The highest BCUT2D eigenvalue weighted by Gasteiger charge is 2.30. The van der Waals surface area contributed by atoms with E-state index in [-0.39, 0.29) is 29.8 Å². The third-order valence-electron chi connectivity index (χ3n) is 3.18. The molecule has 6 heteroatoms. The van der Waals surface area contributed by atoms with Gasteiger partial charge in [0.15, 0.2) is 0 Å². The van der Waals surface area contributed by atoms with Crippen LogP contribution in [0.15, 0.2) is 29.2 Å². The number of hydrogen-bond donors (Lipinski definition) is 2. The van der Waals surface area contributed by atoms with E-state index in [2.05, 4.69) is 0 Å². The highest BCUT2D eigenvalue weighted by molar-refractivity contribution is 7.89. The molecule has 0 aliphatic heterocycles. The Hall–Kier alpha value is -1.11. The van der Waals surface area contributed by atoms with Crippen molar-refractivity contribution in [3.8, 4) is 0 Å². The van der Waals surface area contributed by atoms with Crippen LogP contribution >= 0.6 is 0 Å². The van der Waals surface area contributed by atoms with E-state index in [1.807, 2.05) is 13.8 Å². The Labute approximate surface area is 115 Å². The minimum atomic E-state index is -3.67. The van der Waals surface area contributed by atoms with Crippen molar-refractivity contribution >= 4 is 15.7 Å². The molecule has 19 heavy (non-hydrogen) atoms. The monoisotopic (exact) mass is 286 g/mol. The normalized spacial score (nSPS) is 12.3. The first-order valence-electron chi connectivity index (χ1n) is 6.46. The summed E-state index contributed by atoms with van der Waals surface area (Å²) in [7, 11) is -3.67. The maximum Gasteiger partial charge on any atom is 0.245 e. The highest BCUT2D eigenvalue weighted by atomic mass is 32.2. The minimum Gasteiger partial charge on any atom is -0.398 e. The van der Waals surface area contributed by atoms with Crippen LogP contribution in [0.4, 0.5) is 5.69 Å². The number of nitrogens with two attached hydrogens (primary N) is 1. The van der Waals surface area contributed by atoms with Crippen LogP contribution in [0, 0.1) is 0 Å². The van der Waals surface area contributed by atoms with Gasteiger partial charge in [0.25, 0.3) is 0 Å². The summed E-state index contributed by atoms with van der Waals surface area (Å²) >= 11 is 0. The van der Waals surface area contributed by atoms with Crippen LogP contribution in [0.25, 0.3) is 0 Å². The van der Waals surface area contributed by atoms with Crippen molar-refractivity contribution in [2.24, 2.45) is 0 Å². The molecule has 3 N–H and O–H groups in total. The lowest BCUT2D eigenvalue weighted by molar-refractivity contribution is 0.219. The summed E-state index contributed by atoms with van der Waals surface area (Å²) in [6.45, 7) is 3.75. The van der Waals surface area contributed by atoms with Gasteiger partial charge in [-0.1, -0.05) is 26.0 Å². The molecule has 1 aromatic carbocycles. The van der Waals surface area contributed by atoms with Crippen LogP contribution in [0.5, 0.6) is 0 Å². The Morgan fingerprint density at radius 1 is 1.26 bits per heavy atom. The molecule has 0 unspecified atom stereocenters. The third-order valence-corrected chi connectivity index (χ3v) is 5.20. The molecule has 0 aromatic heterocycles. The number of anilines is 1. The molecule has 0 bridgehead atoms. The molecule has 1 aromatic rings. The number of para-hydroxylation sites is 1. The lowest BCUT2D eigenvalue weighted by Crippen LogP contribution is -2.41. The Balaban J connectivity index is 3.24. The van der Waals surface area contributed by atoms with Crippen molar-refractivity contribution in [1.29, 1.82) is 0 Å². The van der Waals surface area contributed by atoms with Gasteiger partial charge in [0, 0.05) is 12.6 Å². The zero-order chi connectivity index (χ0) is 14.5. The SMILES string of the molecule is CCC(CC)N(CCO)S(=O)(=O)c1ccccc1N. The Morgan fingerprint density at radius 2 is 1.84 bits per heavy atom. The van der Waals surface area contributed by atoms with Gasteiger partial charge in [-0.2, -0.15) is 4.31 Å². The molecule has 5 nitrogen and oxygen atoms in total. The van der Waals surface area contributed by atoms with Crippen LogP contribution in [0.3, 0.4) is 0 Å². The van der Waals surface area contributed by atoms with Crippen molar-refractivity contribution in [2.45, 2.75) is 37.6 Å². The number of nitrogens with zero attached hydrogens (tertiary/aromatic N) is 1. The zero-order valence-electron chi connectivity index (χ0n) is 11.4. The summed E-state index contributed by atoms with van der Waals surface area (Å²) in [6, 6.07) is 6.28. The first-order valence-corrected chi connectivity index (χ1v) is 7.90. The van der Waals surface area contributed by atoms with Crippen molar-refractivity contribution in [3.05, 3.63) is 24.3 Å². The molecule has 0 saturated heterocycles. The van der Waals surface area contributed by atoms with E-state index in [0.717, 1.165) is 0 Å². The van der Waals surface area contributed by atoms with E-state index in [9.17, 15) is 8.42 Å². The Bertz CT molecular complexity index is 498. The molecular formula is C13H22N2O3S. The third kappa shape index (κ3) is 3.46. The molecule has 0 heterocycles. The van der Waals surface area contributed by atoms with E-state index in [4.69, 9.17) is 10.8 Å². The van der Waals surface area contributed by atoms with E-state index < -0.39 is 10.0 Å². The number of aliphatic hydroxyl groups is 1. The van der Waals surface area contributed by atoms with Crippen LogP contribution < -0.4 is 5.73 Å². The van der Waals surface area contributed by atoms with Gasteiger partial charge in [-0.3, -0.25) is 0 Å². The molecule has 0 aliphatic carbocycles. The molecule has 0 aliphatic rings. The number of nitrogen functional groups attached to an aromatic ring is 1. The summed E-state index contributed by atoms with van der Waals surface area (Å²) in [5, 5.41) is 9.12. The number of sulfonamides is 1. The molecule has 0 atom stereocenters. The number of rotatable bonds is 7. The second-order valence-corrected chi connectivity index (χ2v) is 6.21. The zero-order valence-corrected chi connectivity index (χ0v) is 12.2. The number of hydrogen-bond acceptors (Lipinski definition) is 4. The van der Waals surface area contributed by atoms with E-state index in [1.54, 1.807) is 18.2 Å². The topological polar surface area (TPSA) is 83.6 Å². The standard InChI is InChI=1S/C13H22N2O3S/c1-3-11(4-2)15(9-10-16)19(17,18)13-8-6-5-7-12(13)14/h5-8,11,16H,3-4,9-10,14H2,1-2H3. The fourth-order valence-corrected chi connectivity index (χ4v) is 4.02. The van der Waals surface area contributed by atoms with Gasteiger partial charge in [0.2, 0.25) is 10.0 Å². The molecule has 0 amide bonds. The molecule has 1 rings (SSSR count). The van der Waals surface area contributed by atoms with Gasteiger partial charge in [-0.15, -0.1) is 0 Å². The fourth-order valence-electron chi connectivity index (χ4n) is 2.14. The molecular weight excluding hydrogens is 264 g/mol. The molecule has 0 saturated carbocycles. The van der Waals surface area contributed by atoms with E-state index in [1.165, 1.54) is 10.4 Å². The van der Waals surface area contributed by atoms with Crippen molar-refractivity contribution in [2.75, 3.05) is 18.9 Å². The summed E-state index contributed by atoms with van der Waals surface area (Å²) < 4.78 is 26.6. The largest absolute Gasteiger partial charge is 0.398 e. The highest BCUT2D eigenvalue weighted by Crippen LogP contribution is 2.25. The lowest BCUT2D eigenvalue weighted by Gasteiger charge is -2.29. The van der Waals surface area contributed by atoms with Crippen LogP contribution in [-0.4, -0.2) is 37.0 Å². The molecule has 0 fully saturated rings. The van der Waals surface area contributed by atoms with Gasteiger partial charge < -0.3 is 10.8 Å². The Morgan fingerprint density at radius 3 is 2.32 bits per heavy atom. The van der Waals surface area contributed by atoms with Crippen LogP contribution in [-0.2, 0) is 10.0 Å². The van der Waals surface area contributed by atoms with E-state index >= 15 is 0 Å². The van der Waals surface area contributed by atoms with Crippen LogP contribution in [0.2, 0.25) is 0 Å². The predicted molar refractivity (Wildman–Crippen MR) is 76.2 cm³/mol. The van der Waals surface area contributed by atoms with Crippen LogP contribution in [0.1, 0.15) is 26.7 Å². The van der Waals surface area contributed by atoms with Crippen molar-refractivity contribution in [3.63, 3.8) is 0 Å². The minimum absolute atomic E-state index is 0.0863. The number of benzene rings is 1. The predicted octanol–water partition coefficient (Wildman–Crippen LogP) is 1.44. The Kier molecular flexibility index (Phi) is 5.78. The van der Waals surface area contributed by atoms with Crippen molar-refractivity contribution < 1.29 is 13.5 Å². The molecule has 108 valence electrons. The van der Waals surface area contributed by atoms with Gasteiger partial charge in [-0.25, -0.2) is 8.42 Å². The quantitative estimate of drug-likeness (QED) is 0.743. The van der Waals surface area contributed by atoms with Gasteiger partial charge >= 0.3 is 0 Å². The summed E-state index contributed by atoms with van der Waals surface area (Å²) in [5.74, 6) is 0. The van der Waals surface area contributed by atoms with E-state index in [0.29, 0.717) is 12.8 Å². The van der Waals surface area contributed by atoms with Gasteiger partial charge in [0.05, 0.1) is 12.3 Å². The maximum atomic E-state index is 12.6. The smallest absolute Gasteiger partial charge is 0.245 e. The molecule has 0 radical (unpaired) electrons. The van der Waals surface area contributed by atoms with Gasteiger partial charge in [-0.05, 0) is 25.0 Å². The van der Waals surface area contributed by atoms with Crippen molar-refractivity contribution in [1.82, 2.24) is 4.31 Å². The second-order valence-electron chi connectivity index (χ2n) is 4.35. The average Bonchev–Trinajstić information content (AvgIpc) is 2.39. The number of aliphatic hydroxyl groups excluding tert-OH is 1. The molecule has 0 spiro atoms. The maximum absolute atomic E-state index is 12.6. The first-order chi connectivity index (χ1) is 8.98. The second kappa shape index (κ2) is 6.88. The summed E-state index contributed by atoms with van der Waals surface area (Å²) in [4.78, 5) is 0.107.